The molecule has 2 aromatic carbocycles. The molecule has 0 aliphatic carbocycles. The third-order valence-corrected chi connectivity index (χ3v) is 5.33. The van der Waals surface area contributed by atoms with Gasteiger partial charge in [0.05, 0.1) is 18.3 Å². The van der Waals surface area contributed by atoms with Crippen LogP contribution < -0.4 is 10.1 Å². The summed E-state index contributed by atoms with van der Waals surface area (Å²) in [6.07, 6.45) is 1.11. The number of hydrogen-bond acceptors (Lipinski definition) is 4. The highest BCUT2D eigenvalue weighted by molar-refractivity contribution is 5.94. The van der Waals surface area contributed by atoms with Crippen LogP contribution in [-0.4, -0.2) is 22.8 Å². The van der Waals surface area contributed by atoms with E-state index in [0.717, 1.165) is 46.7 Å². The Balaban J connectivity index is 1.85. The molecular weight excluding hydrogens is 342 g/mol. The number of hydrogen-bond donors (Lipinski definition) is 1. The Morgan fingerprint density at radius 3 is 2.85 bits per heavy atom. The second kappa shape index (κ2) is 6.61. The zero-order valence-corrected chi connectivity index (χ0v) is 16.0. The number of carbonyl (C=O) groups excluding carboxylic acids is 1. The zero-order valence-electron chi connectivity index (χ0n) is 16.0. The number of nitrogens with zero attached hydrogens (tertiary/aromatic N) is 2. The van der Waals surface area contributed by atoms with Gasteiger partial charge >= 0.3 is 6.09 Å². The molecule has 2 heterocycles. The summed E-state index contributed by atoms with van der Waals surface area (Å²) in [6, 6.07) is 10.2. The van der Waals surface area contributed by atoms with Gasteiger partial charge < -0.3 is 14.0 Å². The van der Waals surface area contributed by atoms with Crippen molar-refractivity contribution in [1.82, 2.24) is 9.55 Å². The van der Waals surface area contributed by atoms with Gasteiger partial charge in [0, 0.05) is 12.6 Å². The lowest BCUT2D eigenvalue weighted by molar-refractivity contribution is 0.178. The number of fused-ring (bicyclic) bond motifs is 3. The van der Waals surface area contributed by atoms with Crippen LogP contribution in [0, 0.1) is 13.8 Å². The van der Waals surface area contributed by atoms with Crippen LogP contribution in [0.3, 0.4) is 0 Å². The van der Waals surface area contributed by atoms with Gasteiger partial charge in [-0.1, -0.05) is 24.3 Å². The molecule has 0 bridgehead atoms. The summed E-state index contributed by atoms with van der Waals surface area (Å²) in [4.78, 5) is 16.5. The number of rotatable bonds is 2. The van der Waals surface area contributed by atoms with Crippen molar-refractivity contribution in [2.45, 2.75) is 32.8 Å². The molecule has 6 nitrogen and oxygen atoms in total. The van der Waals surface area contributed by atoms with Crippen molar-refractivity contribution >= 4 is 22.8 Å². The zero-order chi connectivity index (χ0) is 19.1. The summed E-state index contributed by atoms with van der Waals surface area (Å²) >= 11 is 0. The first-order valence-electron chi connectivity index (χ1n) is 9.05. The fourth-order valence-corrected chi connectivity index (χ4v) is 3.74. The Morgan fingerprint density at radius 2 is 2.11 bits per heavy atom. The lowest BCUT2D eigenvalue weighted by atomic mass is 9.93. The van der Waals surface area contributed by atoms with Crippen LogP contribution in [-0.2, 0) is 18.2 Å². The molecule has 0 spiro atoms. The van der Waals surface area contributed by atoms with Gasteiger partial charge in [0.2, 0.25) is 0 Å². The molecule has 0 saturated heterocycles. The van der Waals surface area contributed by atoms with E-state index in [-0.39, 0.29) is 6.10 Å². The predicted molar refractivity (Wildman–Crippen MR) is 104 cm³/mol. The summed E-state index contributed by atoms with van der Waals surface area (Å²) in [5, 5.41) is 2.83. The van der Waals surface area contributed by atoms with Gasteiger partial charge in [-0.2, -0.15) is 0 Å². The molecule has 4 rings (SSSR count). The maximum Gasteiger partial charge on any atom is 0.411 e. The van der Waals surface area contributed by atoms with Crippen molar-refractivity contribution < 1.29 is 14.3 Å². The molecule has 27 heavy (non-hydrogen) atoms. The van der Waals surface area contributed by atoms with Crippen molar-refractivity contribution in [3.05, 3.63) is 52.8 Å². The van der Waals surface area contributed by atoms with Crippen LogP contribution in [0.4, 0.5) is 10.5 Å². The molecule has 0 fully saturated rings. The lowest BCUT2D eigenvalue weighted by Gasteiger charge is -2.29. The average Bonchev–Trinajstić information content (AvgIpc) is 2.96. The van der Waals surface area contributed by atoms with Crippen LogP contribution in [0.25, 0.3) is 11.0 Å². The minimum atomic E-state index is -0.489. The second-order valence-corrected chi connectivity index (χ2v) is 6.94. The SMILES string of the molecule is COC(=O)Nc1cc2c(nc(C)n2C)c2c1CC[C@@H](c1ccccc1C)O2. The number of carbonyl (C=O) groups is 1. The highest BCUT2D eigenvalue weighted by Crippen LogP contribution is 2.44. The first-order chi connectivity index (χ1) is 13.0. The van der Waals surface area contributed by atoms with Crippen molar-refractivity contribution in [2.75, 3.05) is 12.4 Å². The van der Waals surface area contributed by atoms with E-state index in [1.54, 1.807) is 0 Å². The van der Waals surface area contributed by atoms with Crippen molar-refractivity contribution in [3.8, 4) is 5.75 Å². The fraction of sp³-hybridized carbons (Fsp3) is 0.333. The third kappa shape index (κ3) is 2.91. The maximum atomic E-state index is 11.8. The molecule has 3 aromatic rings. The fourth-order valence-electron chi connectivity index (χ4n) is 3.74. The van der Waals surface area contributed by atoms with Gasteiger partial charge in [0.15, 0.2) is 5.75 Å². The first-order valence-corrected chi connectivity index (χ1v) is 9.05. The van der Waals surface area contributed by atoms with Crippen molar-refractivity contribution in [3.63, 3.8) is 0 Å². The number of nitrogens with one attached hydrogen (secondary N) is 1. The Kier molecular flexibility index (Phi) is 4.26. The summed E-state index contributed by atoms with van der Waals surface area (Å²) in [5.74, 6) is 1.64. The van der Waals surface area contributed by atoms with Gasteiger partial charge in [-0.15, -0.1) is 0 Å². The monoisotopic (exact) mass is 365 g/mol. The van der Waals surface area contributed by atoms with Crippen LogP contribution in [0.5, 0.6) is 5.75 Å². The van der Waals surface area contributed by atoms with Crippen LogP contribution in [0.2, 0.25) is 0 Å². The van der Waals surface area contributed by atoms with E-state index in [9.17, 15) is 4.79 Å². The quantitative estimate of drug-likeness (QED) is 0.729. The molecule has 1 aromatic heterocycles. The Labute approximate surface area is 158 Å². The topological polar surface area (TPSA) is 65.4 Å². The summed E-state index contributed by atoms with van der Waals surface area (Å²) in [7, 11) is 3.32. The molecule has 6 heteroatoms. The molecule has 0 radical (unpaired) electrons. The third-order valence-electron chi connectivity index (χ3n) is 5.33. The Morgan fingerprint density at radius 1 is 1.33 bits per heavy atom. The molecule has 1 aliphatic rings. The van der Waals surface area contributed by atoms with E-state index < -0.39 is 6.09 Å². The van der Waals surface area contributed by atoms with E-state index >= 15 is 0 Å². The van der Waals surface area contributed by atoms with E-state index in [1.165, 1.54) is 18.2 Å². The predicted octanol–water partition coefficient (Wildman–Crippen LogP) is 4.43. The van der Waals surface area contributed by atoms with Gasteiger partial charge in [-0.3, -0.25) is 5.32 Å². The molecule has 0 saturated carbocycles. The van der Waals surface area contributed by atoms with Crippen molar-refractivity contribution in [2.24, 2.45) is 7.05 Å². The number of aromatic nitrogens is 2. The number of amides is 1. The van der Waals surface area contributed by atoms with Gasteiger partial charge in [-0.05, 0) is 43.9 Å². The molecule has 140 valence electrons. The number of imidazole rings is 1. The average molecular weight is 365 g/mol. The minimum Gasteiger partial charge on any atom is -0.483 e. The van der Waals surface area contributed by atoms with Gasteiger partial charge in [-0.25, -0.2) is 9.78 Å². The number of aryl methyl sites for hydroxylation is 3. The van der Waals surface area contributed by atoms with E-state index in [0.29, 0.717) is 0 Å². The normalized spacial score (nSPS) is 15.9. The number of methoxy groups -OCH3 is 1. The van der Waals surface area contributed by atoms with Gasteiger partial charge in [0.25, 0.3) is 0 Å². The summed E-state index contributed by atoms with van der Waals surface area (Å²) < 4.78 is 13.3. The molecule has 1 amide bonds. The largest absolute Gasteiger partial charge is 0.483 e. The van der Waals surface area contributed by atoms with E-state index in [2.05, 4.69) is 24.4 Å². The Bertz CT molecular complexity index is 1040. The van der Waals surface area contributed by atoms with Crippen molar-refractivity contribution in [1.29, 1.82) is 0 Å². The van der Waals surface area contributed by atoms with E-state index in [4.69, 9.17) is 14.5 Å². The van der Waals surface area contributed by atoms with Crippen LogP contribution >= 0.6 is 0 Å². The highest BCUT2D eigenvalue weighted by atomic mass is 16.5. The smallest absolute Gasteiger partial charge is 0.411 e. The van der Waals surface area contributed by atoms with Crippen LogP contribution in [0.15, 0.2) is 30.3 Å². The number of anilines is 1. The standard InChI is InChI=1S/C21H23N3O3/c1-12-7-5-6-8-14(12)18-10-9-15-16(23-21(25)26-4)11-17-19(20(15)27-18)22-13(2)24(17)3/h5-8,11,18H,9-10H2,1-4H3,(H,23,25)/t18-/m0/s1. The Hall–Kier alpha value is -3.02. The second-order valence-electron chi connectivity index (χ2n) is 6.94. The molecular formula is C21H23N3O3. The maximum absolute atomic E-state index is 11.8. The highest BCUT2D eigenvalue weighted by Gasteiger charge is 2.29. The molecule has 1 N–H and O–H groups in total. The molecule has 0 unspecified atom stereocenters. The minimum absolute atomic E-state index is 0.0300. The summed E-state index contributed by atoms with van der Waals surface area (Å²) in [6.45, 7) is 4.06. The van der Waals surface area contributed by atoms with E-state index in [1.807, 2.05) is 36.7 Å². The summed E-state index contributed by atoms with van der Waals surface area (Å²) in [5.41, 5.74) is 5.84. The molecule has 1 atom stereocenters. The number of ether oxygens (including phenoxy) is 2. The first kappa shape index (κ1) is 17.4. The van der Waals surface area contributed by atoms with Crippen LogP contribution in [0.1, 0.15) is 35.0 Å². The molecule has 1 aliphatic heterocycles. The van der Waals surface area contributed by atoms with Gasteiger partial charge in [0.1, 0.15) is 17.4 Å². The lowest BCUT2D eigenvalue weighted by Crippen LogP contribution is -2.19. The number of benzene rings is 2.